The molecule has 1 unspecified atom stereocenters. The lowest BCUT2D eigenvalue weighted by Crippen LogP contribution is -2.44. The summed E-state index contributed by atoms with van der Waals surface area (Å²) in [7, 11) is 0. The van der Waals surface area contributed by atoms with Crippen molar-refractivity contribution in [2.45, 2.75) is 38.6 Å². The molecule has 0 bridgehead atoms. The van der Waals surface area contributed by atoms with Gasteiger partial charge in [-0.25, -0.2) is 4.79 Å². The van der Waals surface area contributed by atoms with Crippen LogP contribution in [0.5, 0.6) is 0 Å². The number of carboxylic acids is 1. The molecule has 2 aromatic carbocycles. The number of amides is 2. The third-order valence-corrected chi connectivity index (χ3v) is 5.76. The number of carbonyl (C=O) groups is 3. The van der Waals surface area contributed by atoms with Crippen molar-refractivity contribution in [2.75, 3.05) is 12.0 Å². The predicted molar refractivity (Wildman–Crippen MR) is 136 cm³/mol. The molecular formula is C25H29N3O6S. The van der Waals surface area contributed by atoms with Gasteiger partial charge in [0.15, 0.2) is 0 Å². The van der Waals surface area contributed by atoms with Crippen LogP contribution in [0.1, 0.15) is 48.7 Å². The van der Waals surface area contributed by atoms with Crippen molar-refractivity contribution in [1.82, 2.24) is 10.6 Å². The lowest BCUT2D eigenvalue weighted by Gasteiger charge is -2.19. The van der Waals surface area contributed by atoms with Gasteiger partial charge in [0.1, 0.15) is 11.7 Å². The molecule has 0 aliphatic rings. The highest BCUT2D eigenvalue weighted by atomic mass is 32.2. The van der Waals surface area contributed by atoms with E-state index in [0.717, 1.165) is 5.56 Å². The Morgan fingerprint density at radius 2 is 1.80 bits per heavy atom. The second-order valence-corrected chi connectivity index (χ2v) is 9.82. The standard InChI is InChI=1S/C25H29N3O6S/c1-25(2,3)18-10-8-17(9-11-18)22(29)27-21(15-16-6-5-7-19(14-16)28(33)34)23(30)26-20(24(31)32)12-13-35-4/h5-11,14-15,20H,12-13H2,1-4H3,(H,26,30)(H,27,29)(H,31,32). The molecule has 2 rings (SSSR count). The topological polar surface area (TPSA) is 139 Å². The maximum absolute atomic E-state index is 13.0. The van der Waals surface area contributed by atoms with Crippen LogP contribution >= 0.6 is 11.8 Å². The number of nitro benzene ring substituents is 1. The fourth-order valence-corrected chi connectivity index (χ4v) is 3.57. The van der Waals surface area contributed by atoms with Crippen molar-refractivity contribution in [1.29, 1.82) is 0 Å². The SMILES string of the molecule is CSCCC(NC(=O)C(=Cc1cccc([N+](=O)[O-])c1)NC(=O)c1ccc(C(C)(C)C)cc1)C(=O)O. The molecule has 0 aliphatic heterocycles. The van der Waals surface area contributed by atoms with Gasteiger partial charge in [0, 0.05) is 17.7 Å². The van der Waals surface area contributed by atoms with E-state index in [4.69, 9.17) is 0 Å². The summed E-state index contributed by atoms with van der Waals surface area (Å²) in [5, 5.41) is 25.5. The van der Waals surface area contributed by atoms with Gasteiger partial charge in [-0.2, -0.15) is 11.8 Å². The molecule has 0 aliphatic carbocycles. The number of carbonyl (C=O) groups excluding carboxylic acids is 2. The van der Waals surface area contributed by atoms with Crippen molar-refractivity contribution in [3.05, 3.63) is 81.0 Å². The summed E-state index contributed by atoms with van der Waals surface area (Å²) in [5.41, 5.74) is 1.09. The molecular weight excluding hydrogens is 470 g/mol. The highest BCUT2D eigenvalue weighted by Crippen LogP contribution is 2.22. The third-order valence-electron chi connectivity index (χ3n) is 5.11. The Kier molecular flexibility index (Phi) is 9.59. The average Bonchev–Trinajstić information content (AvgIpc) is 2.80. The van der Waals surface area contributed by atoms with Crippen LogP contribution in [0.2, 0.25) is 0 Å². The number of nitro groups is 1. The Bertz CT molecular complexity index is 1120. The van der Waals surface area contributed by atoms with Gasteiger partial charge in [-0.05, 0) is 53.2 Å². The fourth-order valence-electron chi connectivity index (χ4n) is 3.10. The number of non-ortho nitro benzene ring substituents is 1. The van der Waals surface area contributed by atoms with Gasteiger partial charge >= 0.3 is 5.97 Å². The first-order valence-corrected chi connectivity index (χ1v) is 12.2. The van der Waals surface area contributed by atoms with Crippen molar-refractivity contribution < 1.29 is 24.4 Å². The zero-order valence-corrected chi connectivity index (χ0v) is 20.8. The number of benzene rings is 2. The largest absolute Gasteiger partial charge is 0.480 e. The van der Waals surface area contributed by atoms with Crippen LogP contribution < -0.4 is 10.6 Å². The zero-order chi connectivity index (χ0) is 26.2. The van der Waals surface area contributed by atoms with E-state index < -0.39 is 28.7 Å². The van der Waals surface area contributed by atoms with Crippen molar-refractivity contribution >= 4 is 41.3 Å². The Labute approximate surface area is 208 Å². The van der Waals surface area contributed by atoms with Crippen molar-refractivity contribution in [2.24, 2.45) is 0 Å². The number of hydrogen-bond donors (Lipinski definition) is 3. The van der Waals surface area contributed by atoms with E-state index in [1.807, 2.05) is 39.2 Å². The van der Waals surface area contributed by atoms with E-state index in [9.17, 15) is 29.6 Å². The summed E-state index contributed by atoms with van der Waals surface area (Å²) >= 11 is 1.44. The lowest BCUT2D eigenvalue weighted by molar-refractivity contribution is -0.384. The van der Waals surface area contributed by atoms with Crippen molar-refractivity contribution in [3.8, 4) is 0 Å². The van der Waals surface area contributed by atoms with Gasteiger partial charge in [-0.1, -0.05) is 45.0 Å². The molecule has 9 nitrogen and oxygen atoms in total. The molecule has 186 valence electrons. The average molecular weight is 500 g/mol. The fraction of sp³-hybridized carbons (Fsp3) is 0.320. The number of rotatable bonds is 10. The van der Waals surface area contributed by atoms with E-state index in [2.05, 4.69) is 10.6 Å². The number of hydrogen-bond acceptors (Lipinski definition) is 6. The Morgan fingerprint density at radius 1 is 1.14 bits per heavy atom. The van der Waals surface area contributed by atoms with Crippen LogP contribution in [0.25, 0.3) is 6.08 Å². The summed E-state index contributed by atoms with van der Waals surface area (Å²) in [5.74, 6) is -2.09. The normalized spacial score (nSPS) is 12.5. The lowest BCUT2D eigenvalue weighted by atomic mass is 9.87. The maximum Gasteiger partial charge on any atom is 0.326 e. The van der Waals surface area contributed by atoms with Crippen molar-refractivity contribution in [3.63, 3.8) is 0 Å². The molecule has 10 heteroatoms. The number of thioether (sulfide) groups is 1. The molecule has 0 aromatic heterocycles. The molecule has 0 saturated carbocycles. The highest BCUT2D eigenvalue weighted by Gasteiger charge is 2.23. The molecule has 3 N–H and O–H groups in total. The second-order valence-electron chi connectivity index (χ2n) is 8.84. The zero-order valence-electron chi connectivity index (χ0n) is 20.0. The van der Waals surface area contributed by atoms with Crippen LogP contribution in [0.3, 0.4) is 0 Å². The van der Waals surface area contributed by atoms with Gasteiger partial charge in [-0.3, -0.25) is 19.7 Å². The number of nitrogens with zero attached hydrogens (tertiary/aromatic N) is 1. The quantitative estimate of drug-likeness (QED) is 0.255. The van der Waals surface area contributed by atoms with Gasteiger partial charge < -0.3 is 15.7 Å². The van der Waals surface area contributed by atoms with E-state index in [0.29, 0.717) is 16.9 Å². The predicted octanol–water partition coefficient (Wildman–Crippen LogP) is 3.99. The third kappa shape index (κ3) is 8.25. The van der Waals surface area contributed by atoms with Crippen LogP contribution in [0.4, 0.5) is 5.69 Å². The van der Waals surface area contributed by atoms with E-state index in [-0.39, 0.29) is 23.2 Å². The minimum atomic E-state index is -1.20. The number of aliphatic carboxylic acids is 1. The number of nitrogens with one attached hydrogen (secondary N) is 2. The number of carboxylic acid groups (broad SMARTS) is 1. The Balaban J connectivity index is 2.38. The van der Waals surface area contributed by atoms with E-state index >= 15 is 0 Å². The minimum absolute atomic E-state index is 0.107. The van der Waals surface area contributed by atoms with Crippen LogP contribution in [0.15, 0.2) is 54.2 Å². The first kappa shape index (κ1) is 27.6. The van der Waals surface area contributed by atoms with Crippen LogP contribution in [-0.4, -0.2) is 45.9 Å². The minimum Gasteiger partial charge on any atom is -0.480 e. The van der Waals surface area contributed by atoms with Crippen LogP contribution in [-0.2, 0) is 15.0 Å². The van der Waals surface area contributed by atoms with Gasteiger partial charge in [0.05, 0.1) is 4.92 Å². The van der Waals surface area contributed by atoms with Gasteiger partial charge in [0.2, 0.25) is 0 Å². The molecule has 0 heterocycles. The summed E-state index contributed by atoms with van der Waals surface area (Å²) in [6.07, 6.45) is 3.28. The molecule has 1 atom stereocenters. The van der Waals surface area contributed by atoms with E-state index in [1.165, 1.54) is 42.1 Å². The molecule has 35 heavy (non-hydrogen) atoms. The first-order chi connectivity index (χ1) is 16.4. The first-order valence-electron chi connectivity index (χ1n) is 10.8. The molecule has 0 fully saturated rings. The monoisotopic (exact) mass is 499 g/mol. The van der Waals surface area contributed by atoms with E-state index in [1.54, 1.807) is 12.1 Å². The summed E-state index contributed by atoms with van der Waals surface area (Å²) in [4.78, 5) is 48.1. The molecule has 2 aromatic rings. The summed E-state index contributed by atoms with van der Waals surface area (Å²) in [6, 6.07) is 11.3. The molecule has 2 amide bonds. The highest BCUT2D eigenvalue weighted by molar-refractivity contribution is 7.98. The van der Waals surface area contributed by atoms with Gasteiger partial charge in [-0.15, -0.1) is 0 Å². The van der Waals surface area contributed by atoms with Crippen LogP contribution in [0, 0.1) is 10.1 Å². The molecule has 0 saturated heterocycles. The summed E-state index contributed by atoms with van der Waals surface area (Å²) in [6.45, 7) is 6.13. The second kappa shape index (κ2) is 12.2. The Hall–Kier alpha value is -3.66. The maximum atomic E-state index is 13.0. The molecule has 0 radical (unpaired) electrons. The molecule has 0 spiro atoms. The van der Waals surface area contributed by atoms with Gasteiger partial charge in [0.25, 0.3) is 17.5 Å². The summed E-state index contributed by atoms with van der Waals surface area (Å²) < 4.78 is 0. The smallest absolute Gasteiger partial charge is 0.326 e. The Morgan fingerprint density at radius 3 is 2.34 bits per heavy atom.